The molecule has 120 valence electrons. The van der Waals surface area contributed by atoms with Gasteiger partial charge in [0.05, 0.1) is 5.39 Å². The van der Waals surface area contributed by atoms with E-state index in [0.29, 0.717) is 16.6 Å². The predicted molar refractivity (Wildman–Crippen MR) is 86.8 cm³/mol. The summed E-state index contributed by atoms with van der Waals surface area (Å²) in [5, 5.41) is 3.04. The smallest absolute Gasteiger partial charge is 0.344 e. The van der Waals surface area contributed by atoms with Crippen LogP contribution >= 0.6 is 0 Å². The van der Waals surface area contributed by atoms with Gasteiger partial charge in [0.15, 0.2) is 11.5 Å². The number of halogens is 1. The van der Waals surface area contributed by atoms with Crippen molar-refractivity contribution < 1.29 is 18.4 Å². The highest BCUT2D eigenvalue weighted by molar-refractivity contribution is 6.04. The average Bonchev–Trinajstić information content (AvgIpc) is 2.55. The Labute approximate surface area is 135 Å². The number of hydrogen-bond acceptors (Lipinski definition) is 4. The van der Waals surface area contributed by atoms with E-state index < -0.39 is 17.3 Å². The monoisotopic (exact) mass is 325 g/mol. The maximum absolute atomic E-state index is 13.2. The quantitative estimate of drug-likeness (QED) is 0.749. The van der Waals surface area contributed by atoms with Crippen LogP contribution in [0.25, 0.3) is 10.8 Å². The Bertz CT molecular complexity index is 1010. The summed E-state index contributed by atoms with van der Waals surface area (Å²) in [6.07, 6.45) is 0. The third-order valence-electron chi connectivity index (χ3n) is 3.50. The predicted octanol–water partition coefficient (Wildman–Crippen LogP) is 3.39. The summed E-state index contributed by atoms with van der Waals surface area (Å²) in [6, 6.07) is 11.3. The minimum Gasteiger partial charge on any atom is -0.417 e. The molecule has 0 saturated carbocycles. The van der Waals surface area contributed by atoms with Gasteiger partial charge in [-0.25, -0.2) is 9.18 Å². The Balaban J connectivity index is 1.90. The zero-order valence-electron chi connectivity index (χ0n) is 12.6. The fraction of sp³-hybridized carbons (Fsp3) is 0.0556. The highest BCUT2D eigenvalue weighted by atomic mass is 19.1. The summed E-state index contributed by atoms with van der Waals surface area (Å²) in [6.45, 7) is 1.44. The van der Waals surface area contributed by atoms with Crippen molar-refractivity contribution in [1.29, 1.82) is 0 Å². The van der Waals surface area contributed by atoms with Gasteiger partial charge in [-0.1, -0.05) is 6.07 Å². The molecule has 5 nitrogen and oxygen atoms in total. The van der Waals surface area contributed by atoms with Crippen LogP contribution in [0.4, 0.5) is 10.1 Å². The highest BCUT2D eigenvalue weighted by Gasteiger charge is 2.13. The maximum atomic E-state index is 13.2. The number of carbonyl (C=O) groups is 2. The van der Waals surface area contributed by atoms with E-state index in [9.17, 15) is 18.8 Å². The van der Waals surface area contributed by atoms with Crippen LogP contribution in [0.3, 0.4) is 0 Å². The van der Waals surface area contributed by atoms with Crippen molar-refractivity contribution in [2.45, 2.75) is 6.92 Å². The molecule has 24 heavy (non-hydrogen) atoms. The Morgan fingerprint density at radius 3 is 2.42 bits per heavy atom. The first-order chi connectivity index (χ1) is 11.4. The standard InChI is InChI=1S/C18H12FNO4/c1-10(21)11-3-6-14(7-4-11)20-17(22)16-8-12-2-5-13(19)9-15(12)18(23)24-16/h2-9H,1H3,(H,20,22). The van der Waals surface area contributed by atoms with Gasteiger partial charge in [-0.3, -0.25) is 9.59 Å². The van der Waals surface area contributed by atoms with E-state index in [1.165, 1.54) is 25.1 Å². The van der Waals surface area contributed by atoms with Crippen molar-refractivity contribution >= 4 is 28.2 Å². The van der Waals surface area contributed by atoms with E-state index in [2.05, 4.69) is 5.32 Å². The summed E-state index contributed by atoms with van der Waals surface area (Å²) in [5.74, 6) is -1.44. The zero-order valence-corrected chi connectivity index (χ0v) is 12.6. The summed E-state index contributed by atoms with van der Waals surface area (Å²) in [7, 11) is 0. The molecule has 1 amide bonds. The molecular formula is C18H12FNO4. The van der Waals surface area contributed by atoms with Crippen LogP contribution in [-0.4, -0.2) is 11.7 Å². The largest absolute Gasteiger partial charge is 0.417 e. The molecule has 0 bridgehead atoms. The lowest BCUT2D eigenvalue weighted by Crippen LogP contribution is -2.15. The van der Waals surface area contributed by atoms with Crippen LogP contribution in [0.5, 0.6) is 0 Å². The minimum atomic E-state index is -0.788. The van der Waals surface area contributed by atoms with Gasteiger partial charge in [0.2, 0.25) is 0 Å². The molecule has 2 aromatic carbocycles. The van der Waals surface area contributed by atoms with Crippen LogP contribution < -0.4 is 10.9 Å². The Morgan fingerprint density at radius 2 is 1.75 bits per heavy atom. The van der Waals surface area contributed by atoms with Crippen molar-refractivity contribution in [2.75, 3.05) is 5.32 Å². The number of nitrogens with one attached hydrogen (secondary N) is 1. The first kappa shape index (κ1) is 15.6. The minimum absolute atomic E-state index is 0.0670. The third kappa shape index (κ3) is 3.08. The zero-order chi connectivity index (χ0) is 17.3. The van der Waals surface area contributed by atoms with Crippen LogP contribution in [0, 0.1) is 5.82 Å². The van der Waals surface area contributed by atoms with Gasteiger partial charge >= 0.3 is 5.63 Å². The first-order valence-electron chi connectivity index (χ1n) is 7.10. The molecule has 1 heterocycles. The summed E-state index contributed by atoms with van der Waals surface area (Å²) in [4.78, 5) is 35.3. The average molecular weight is 325 g/mol. The molecule has 1 aromatic heterocycles. The molecule has 0 radical (unpaired) electrons. The Kier molecular flexibility index (Phi) is 3.95. The van der Waals surface area contributed by atoms with E-state index >= 15 is 0 Å². The normalized spacial score (nSPS) is 10.6. The van der Waals surface area contributed by atoms with E-state index in [4.69, 9.17) is 4.42 Å². The van der Waals surface area contributed by atoms with Gasteiger partial charge in [0.1, 0.15) is 5.82 Å². The number of amides is 1. The summed E-state index contributed by atoms with van der Waals surface area (Å²) >= 11 is 0. The fourth-order valence-electron chi connectivity index (χ4n) is 2.25. The molecule has 0 aliphatic carbocycles. The topological polar surface area (TPSA) is 76.4 Å². The highest BCUT2D eigenvalue weighted by Crippen LogP contribution is 2.16. The molecule has 0 spiro atoms. The molecule has 0 aliphatic rings. The molecule has 0 saturated heterocycles. The van der Waals surface area contributed by atoms with Crippen molar-refractivity contribution in [3.8, 4) is 0 Å². The molecule has 0 unspecified atom stereocenters. The number of benzene rings is 2. The lowest BCUT2D eigenvalue weighted by Gasteiger charge is -2.06. The summed E-state index contributed by atoms with van der Waals surface area (Å²) < 4.78 is 18.1. The van der Waals surface area contributed by atoms with Crippen molar-refractivity contribution in [2.24, 2.45) is 0 Å². The molecule has 3 aromatic rings. The van der Waals surface area contributed by atoms with E-state index in [1.807, 2.05) is 0 Å². The number of carbonyl (C=O) groups excluding carboxylic acids is 2. The third-order valence-corrected chi connectivity index (χ3v) is 3.50. The number of anilines is 1. The van der Waals surface area contributed by atoms with Crippen LogP contribution in [0.1, 0.15) is 27.8 Å². The molecule has 6 heteroatoms. The molecule has 3 rings (SSSR count). The number of fused-ring (bicyclic) bond motifs is 1. The molecule has 0 aliphatic heterocycles. The molecular weight excluding hydrogens is 313 g/mol. The van der Waals surface area contributed by atoms with E-state index in [-0.39, 0.29) is 16.9 Å². The Hall–Kier alpha value is -3.28. The van der Waals surface area contributed by atoms with Crippen molar-refractivity contribution in [3.05, 3.63) is 76.1 Å². The van der Waals surface area contributed by atoms with Crippen LogP contribution in [-0.2, 0) is 0 Å². The first-order valence-corrected chi connectivity index (χ1v) is 7.10. The number of Topliss-reactive ketones (excluding diaryl/α,β-unsaturated/α-hetero) is 1. The van der Waals surface area contributed by atoms with Crippen LogP contribution in [0.2, 0.25) is 0 Å². The number of hydrogen-bond donors (Lipinski definition) is 1. The second-order valence-corrected chi connectivity index (χ2v) is 5.22. The molecule has 1 N–H and O–H groups in total. The summed E-state index contributed by atoms with van der Waals surface area (Å²) in [5.41, 5.74) is 0.184. The second-order valence-electron chi connectivity index (χ2n) is 5.22. The van der Waals surface area contributed by atoms with Gasteiger partial charge < -0.3 is 9.73 Å². The number of ketones is 1. The SMILES string of the molecule is CC(=O)c1ccc(NC(=O)c2cc3ccc(F)cc3c(=O)o2)cc1. The van der Waals surface area contributed by atoms with Gasteiger partial charge in [-0.2, -0.15) is 0 Å². The van der Waals surface area contributed by atoms with E-state index in [0.717, 1.165) is 6.07 Å². The van der Waals surface area contributed by atoms with Crippen molar-refractivity contribution in [1.82, 2.24) is 0 Å². The van der Waals surface area contributed by atoms with Gasteiger partial charge in [-0.05, 0) is 54.8 Å². The van der Waals surface area contributed by atoms with Gasteiger partial charge in [0, 0.05) is 11.3 Å². The van der Waals surface area contributed by atoms with Gasteiger partial charge in [0.25, 0.3) is 5.91 Å². The number of rotatable bonds is 3. The fourth-order valence-corrected chi connectivity index (χ4v) is 2.25. The van der Waals surface area contributed by atoms with Gasteiger partial charge in [-0.15, -0.1) is 0 Å². The second kappa shape index (κ2) is 6.08. The van der Waals surface area contributed by atoms with Crippen molar-refractivity contribution in [3.63, 3.8) is 0 Å². The lowest BCUT2D eigenvalue weighted by molar-refractivity contribution is 0.0991. The Morgan fingerprint density at radius 1 is 1.04 bits per heavy atom. The van der Waals surface area contributed by atoms with E-state index in [1.54, 1.807) is 24.3 Å². The lowest BCUT2D eigenvalue weighted by atomic mass is 10.1. The van der Waals surface area contributed by atoms with Crippen LogP contribution in [0.15, 0.2) is 57.7 Å². The maximum Gasteiger partial charge on any atom is 0.344 e. The molecule has 0 fully saturated rings. The molecule has 0 atom stereocenters.